The fourth-order valence-corrected chi connectivity index (χ4v) is 5.82. The minimum Gasteiger partial charge on any atom is -0.355 e. The summed E-state index contributed by atoms with van der Waals surface area (Å²) in [5, 5.41) is 3.08. The van der Waals surface area contributed by atoms with Crippen LogP contribution in [0.5, 0.6) is 0 Å². The van der Waals surface area contributed by atoms with Crippen molar-refractivity contribution >= 4 is 15.8 Å². The van der Waals surface area contributed by atoms with Crippen LogP contribution in [0.3, 0.4) is 0 Å². The molecule has 2 aliphatic rings. The van der Waals surface area contributed by atoms with Gasteiger partial charge in [-0.15, -0.1) is 0 Å². The Hall–Kier alpha value is -1.25. The van der Waals surface area contributed by atoms with Gasteiger partial charge in [-0.25, -0.2) is 18.4 Å². The summed E-state index contributed by atoms with van der Waals surface area (Å²) in [7, 11) is -2.94. The molecular weight excluding hydrogens is 326 g/mol. The maximum Gasteiger partial charge on any atom is 0.222 e. The second-order valence-electron chi connectivity index (χ2n) is 6.66. The van der Waals surface area contributed by atoms with Crippen LogP contribution in [-0.4, -0.2) is 78.0 Å². The van der Waals surface area contributed by atoms with Crippen LogP contribution in [0.4, 0.5) is 5.95 Å². The second kappa shape index (κ2) is 7.33. The molecule has 2 aliphatic heterocycles. The Kier molecular flexibility index (Phi) is 5.36. The summed E-state index contributed by atoms with van der Waals surface area (Å²) in [5.41, 5.74) is 1.03. The van der Waals surface area contributed by atoms with Crippen LogP contribution >= 0.6 is 0 Å². The third kappa shape index (κ3) is 3.87. The highest BCUT2D eigenvalue weighted by Crippen LogP contribution is 2.28. The van der Waals surface area contributed by atoms with Gasteiger partial charge in [-0.05, 0) is 19.9 Å². The van der Waals surface area contributed by atoms with E-state index in [0.29, 0.717) is 18.2 Å². The van der Waals surface area contributed by atoms with Crippen molar-refractivity contribution in [2.45, 2.75) is 38.9 Å². The Morgan fingerprint density at radius 3 is 2.38 bits per heavy atom. The summed E-state index contributed by atoms with van der Waals surface area (Å²) in [6.07, 6.45) is 4.73. The van der Waals surface area contributed by atoms with Crippen LogP contribution in [0.1, 0.15) is 25.8 Å². The molecule has 0 amide bonds. The van der Waals surface area contributed by atoms with Gasteiger partial charge in [-0.2, -0.15) is 0 Å². The van der Waals surface area contributed by atoms with Crippen molar-refractivity contribution < 1.29 is 8.42 Å². The molecule has 0 radical (unpaired) electrons. The maximum absolute atomic E-state index is 12.2. The molecular formula is C16H27N5O2S. The lowest BCUT2D eigenvalue weighted by atomic mass is 10.0. The number of aromatic nitrogens is 2. The number of piperazine rings is 1. The molecule has 1 aromatic heterocycles. The average molecular weight is 353 g/mol. The van der Waals surface area contributed by atoms with Gasteiger partial charge < -0.3 is 5.32 Å². The zero-order chi connectivity index (χ0) is 17.2. The highest BCUT2D eigenvalue weighted by Gasteiger charge is 2.46. The van der Waals surface area contributed by atoms with E-state index in [0.717, 1.165) is 38.2 Å². The third-order valence-electron chi connectivity index (χ3n) is 4.84. The lowest BCUT2D eigenvalue weighted by Gasteiger charge is -2.43. The minimum atomic E-state index is -2.94. The summed E-state index contributed by atoms with van der Waals surface area (Å²) in [5.74, 6) is 1.20. The van der Waals surface area contributed by atoms with Crippen molar-refractivity contribution in [3.63, 3.8) is 0 Å². The molecule has 134 valence electrons. The molecule has 3 heterocycles. The zero-order valence-electron chi connectivity index (χ0n) is 14.5. The molecule has 2 fully saturated rings. The smallest absolute Gasteiger partial charge is 0.222 e. The van der Waals surface area contributed by atoms with Crippen LogP contribution in [0.25, 0.3) is 0 Å². The highest BCUT2D eigenvalue weighted by molar-refractivity contribution is 7.91. The standard InChI is InChI=1S/C16H27N5O2S/c1-3-5-20-6-7-21(15-12-24(22,23)11-14(15)20)10-13-8-18-16(17-4-2)19-9-13/h8-9,14-15H,3-7,10-12H2,1-2H3,(H,17,18,19)/t14-,15+/m1/s1. The first-order valence-corrected chi connectivity index (χ1v) is 10.6. The van der Waals surface area contributed by atoms with Gasteiger partial charge >= 0.3 is 0 Å². The summed E-state index contributed by atoms with van der Waals surface area (Å²) >= 11 is 0. The van der Waals surface area contributed by atoms with E-state index in [-0.39, 0.29) is 17.8 Å². The number of anilines is 1. The van der Waals surface area contributed by atoms with Gasteiger partial charge in [0.2, 0.25) is 5.95 Å². The van der Waals surface area contributed by atoms with Gasteiger partial charge in [-0.3, -0.25) is 9.80 Å². The molecule has 2 atom stereocenters. The average Bonchev–Trinajstić information content (AvgIpc) is 2.88. The molecule has 1 aromatic rings. The van der Waals surface area contributed by atoms with E-state index in [1.54, 1.807) is 0 Å². The van der Waals surface area contributed by atoms with Crippen molar-refractivity contribution in [1.29, 1.82) is 0 Å². The quantitative estimate of drug-likeness (QED) is 0.802. The number of nitrogens with one attached hydrogen (secondary N) is 1. The molecule has 0 saturated carbocycles. The number of nitrogens with zero attached hydrogens (tertiary/aromatic N) is 4. The molecule has 1 N–H and O–H groups in total. The fourth-order valence-electron chi connectivity index (χ4n) is 3.78. The SMILES string of the molecule is CCCN1CCN(Cc2cnc(NCC)nc2)[C@H]2CS(=O)(=O)C[C@H]21. The van der Waals surface area contributed by atoms with Crippen molar-refractivity contribution in [2.24, 2.45) is 0 Å². The Morgan fingerprint density at radius 1 is 1.12 bits per heavy atom. The third-order valence-corrected chi connectivity index (χ3v) is 6.54. The number of sulfone groups is 1. The van der Waals surface area contributed by atoms with E-state index >= 15 is 0 Å². The molecule has 0 aromatic carbocycles. The predicted octanol–water partition coefficient (Wildman–Crippen LogP) is 0.602. The second-order valence-corrected chi connectivity index (χ2v) is 8.82. The summed E-state index contributed by atoms with van der Waals surface area (Å²) in [4.78, 5) is 13.3. The van der Waals surface area contributed by atoms with E-state index in [9.17, 15) is 8.42 Å². The largest absolute Gasteiger partial charge is 0.355 e. The Morgan fingerprint density at radius 2 is 1.75 bits per heavy atom. The Labute approximate surface area is 144 Å². The van der Waals surface area contributed by atoms with E-state index in [2.05, 4.69) is 32.0 Å². The zero-order valence-corrected chi connectivity index (χ0v) is 15.3. The molecule has 8 heteroatoms. The topological polar surface area (TPSA) is 78.4 Å². The monoisotopic (exact) mass is 353 g/mol. The number of rotatable bonds is 6. The lowest BCUT2D eigenvalue weighted by Crippen LogP contribution is -2.58. The van der Waals surface area contributed by atoms with Gasteiger partial charge in [0.1, 0.15) is 0 Å². The van der Waals surface area contributed by atoms with Crippen LogP contribution in [0.2, 0.25) is 0 Å². The van der Waals surface area contributed by atoms with Crippen LogP contribution in [0, 0.1) is 0 Å². The molecule has 0 bridgehead atoms. The van der Waals surface area contributed by atoms with Crippen molar-refractivity contribution in [3.8, 4) is 0 Å². The normalized spacial score (nSPS) is 27.1. The van der Waals surface area contributed by atoms with E-state index < -0.39 is 9.84 Å². The Balaban J connectivity index is 1.71. The predicted molar refractivity (Wildman–Crippen MR) is 94.7 cm³/mol. The summed E-state index contributed by atoms with van der Waals surface area (Å²) < 4.78 is 24.4. The molecule has 2 saturated heterocycles. The van der Waals surface area contributed by atoms with Gasteiger partial charge in [0.05, 0.1) is 11.5 Å². The van der Waals surface area contributed by atoms with Crippen LogP contribution < -0.4 is 5.32 Å². The van der Waals surface area contributed by atoms with Crippen molar-refractivity contribution in [2.75, 3.05) is 43.0 Å². The lowest BCUT2D eigenvalue weighted by molar-refractivity contribution is 0.0404. The van der Waals surface area contributed by atoms with Crippen LogP contribution in [-0.2, 0) is 16.4 Å². The molecule has 24 heavy (non-hydrogen) atoms. The number of hydrogen-bond donors (Lipinski definition) is 1. The maximum atomic E-state index is 12.2. The molecule has 0 aliphatic carbocycles. The van der Waals surface area contributed by atoms with E-state index in [1.807, 2.05) is 19.3 Å². The Bertz CT molecular complexity index is 649. The van der Waals surface area contributed by atoms with Gasteiger partial charge in [0, 0.05) is 56.2 Å². The van der Waals surface area contributed by atoms with Gasteiger partial charge in [0.25, 0.3) is 0 Å². The summed E-state index contributed by atoms with van der Waals surface area (Å²) in [6.45, 7) is 8.46. The first kappa shape index (κ1) is 17.6. The molecule has 7 nitrogen and oxygen atoms in total. The van der Waals surface area contributed by atoms with Crippen molar-refractivity contribution in [3.05, 3.63) is 18.0 Å². The van der Waals surface area contributed by atoms with Crippen LogP contribution in [0.15, 0.2) is 12.4 Å². The van der Waals surface area contributed by atoms with E-state index in [4.69, 9.17) is 0 Å². The molecule has 0 unspecified atom stereocenters. The van der Waals surface area contributed by atoms with Crippen molar-refractivity contribution in [1.82, 2.24) is 19.8 Å². The summed E-state index contributed by atoms with van der Waals surface area (Å²) in [6, 6.07) is 0.217. The van der Waals surface area contributed by atoms with Gasteiger partial charge in [0.15, 0.2) is 9.84 Å². The van der Waals surface area contributed by atoms with E-state index in [1.165, 1.54) is 0 Å². The number of hydrogen-bond acceptors (Lipinski definition) is 7. The first-order valence-electron chi connectivity index (χ1n) is 8.75. The fraction of sp³-hybridized carbons (Fsp3) is 0.750. The van der Waals surface area contributed by atoms with Gasteiger partial charge in [-0.1, -0.05) is 6.92 Å². The molecule has 0 spiro atoms. The highest BCUT2D eigenvalue weighted by atomic mass is 32.2. The molecule has 3 rings (SSSR count). The minimum absolute atomic E-state index is 0.0868. The number of fused-ring (bicyclic) bond motifs is 1. The first-order chi connectivity index (χ1) is 11.5.